The molecule has 4 rings (SSSR count). The zero-order valence-electron chi connectivity index (χ0n) is 17.3. The number of hydrogen-bond acceptors (Lipinski definition) is 4. The molecule has 0 bridgehead atoms. The highest BCUT2D eigenvalue weighted by atomic mass is 35.5. The van der Waals surface area contributed by atoms with Crippen LogP contribution in [0.25, 0.3) is 6.08 Å². The van der Waals surface area contributed by atoms with Gasteiger partial charge < -0.3 is 4.74 Å². The number of para-hydroxylation sites is 2. The maximum Gasteiger partial charge on any atom is 0.343 e. The number of anilines is 2. The first-order valence-electron chi connectivity index (χ1n) is 9.91. The molecule has 0 saturated carbocycles. The van der Waals surface area contributed by atoms with Gasteiger partial charge in [0, 0.05) is 10.6 Å². The van der Waals surface area contributed by atoms with Crippen LogP contribution in [0.4, 0.5) is 16.2 Å². The van der Waals surface area contributed by atoms with Crippen LogP contribution >= 0.6 is 11.6 Å². The highest BCUT2D eigenvalue weighted by Crippen LogP contribution is 2.32. The standard InChI is InChI=1S/C26H17ClN2O4/c1-2-15-33-23-14-13-19(27)16-18(23)17-22-24(30)28(20-9-5-3-6-10-20)26(32)29(25(22)31)21-11-7-4-8-12-21/h1,3-14,16-17H,15H2. The number of carbonyl (C=O) groups is 3. The highest BCUT2D eigenvalue weighted by molar-refractivity contribution is 6.46. The van der Waals surface area contributed by atoms with E-state index in [1.165, 1.54) is 6.08 Å². The smallest absolute Gasteiger partial charge is 0.343 e. The van der Waals surface area contributed by atoms with E-state index in [0.717, 1.165) is 9.80 Å². The second-order valence-corrected chi connectivity index (χ2v) is 7.40. The number of hydrogen-bond donors (Lipinski definition) is 0. The first-order valence-corrected chi connectivity index (χ1v) is 10.3. The van der Waals surface area contributed by atoms with Crippen LogP contribution in [0.15, 0.2) is 84.4 Å². The van der Waals surface area contributed by atoms with Crippen molar-refractivity contribution in [2.45, 2.75) is 0 Å². The molecular formula is C26H17ClN2O4. The SMILES string of the molecule is C#CCOc1ccc(Cl)cc1C=C1C(=O)N(c2ccccc2)C(=O)N(c2ccccc2)C1=O. The molecule has 0 aliphatic carbocycles. The molecule has 162 valence electrons. The maximum atomic E-state index is 13.4. The highest BCUT2D eigenvalue weighted by Gasteiger charge is 2.43. The van der Waals surface area contributed by atoms with Gasteiger partial charge in [-0.2, -0.15) is 0 Å². The monoisotopic (exact) mass is 456 g/mol. The van der Waals surface area contributed by atoms with E-state index in [0.29, 0.717) is 27.7 Å². The Morgan fingerprint density at radius 1 is 0.848 bits per heavy atom. The van der Waals surface area contributed by atoms with E-state index in [4.69, 9.17) is 22.8 Å². The van der Waals surface area contributed by atoms with Crippen LogP contribution in [-0.2, 0) is 9.59 Å². The van der Waals surface area contributed by atoms with Crippen LogP contribution in [0, 0.1) is 12.3 Å². The summed E-state index contributed by atoms with van der Waals surface area (Å²) in [6.45, 7) is -0.00946. The van der Waals surface area contributed by atoms with Gasteiger partial charge in [0.15, 0.2) is 0 Å². The van der Waals surface area contributed by atoms with Crippen molar-refractivity contribution in [1.82, 2.24) is 0 Å². The number of halogens is 1. The Labute approximate surface area is 195 Å². The summed E-state index contributed by atoms with van der Waals surface area (Å²) >= 11 is 6.14. The molecule has 3 aromatic carbocycles. The van der Waals surface area contributed by atoms with Gasteiger partial charge in [-0.25, -0.2) is 14.6 Å². The molecular weight excluding hydrogens is 440 g/mol. The van der Waals surface area contributed by atoms with E-state index in [2.05, 4.69) is 5.92 Å². The molecule has 0 atom stereocenters. The largest absolute Gasteiger partial charge is 0.480 e. The van der Waals surface area contributed by atoms with Crippen molar-refractivity contribution in [3.63, 3.8) is 0 Å². The molecule has 1 aliphatic rings. The third-order valence-corrected chi connectivity index (χ3v) is 5.10. The summed E-state index contributed by atoms with van der Waals surface area (Å²) < 4.78 is 5.54. The first kappa shape index (κ1) is 21.9. The van der Waals surface area contributed by atoms with Crippen LogP contribution in [0.3, 0.4) is 0 Å². The van der Waals surface area contributed by atoms with Crippen molar-refractivity contribution in [3.05, 3.63) is 95.0 Å². The topological polar surface area (TPSA) is 66.9 Å². The van der Waals surface area contributed by atoms with Gasteiger partial charge in [-0.15, -0.1) is 6.42 Å². The minimum absolute atomic E-state index is 0.00946. The Morgan fingerprint density at radius 2 is 1.39 bits per heavy atom. The fraction of sp³-hybridized carbons (Fsp3) is 0.0385. The van der Waals surface area contributed by atoms with E-state index >= 15 is 0 Å². The summed E-state index contributed by atoms with van der Waals surface area (Å²) in [5, 5.41) is 0.376. The number of amides is 4. The summed E-state index contributed by atoms with van der Waals surface area (Å²) in [6.07, 6.45) is 6.65. The number of imide groups is 2. The third-order valence-electron chi connectivity index (χ3n) is 4.86. The predicted molar refractivity (Wildman–Crippen MR) is 127 cm³/mol. The average molecular weight is 457 g/mol. The minimum atomic E-state index is -0.769. The van der Waals surface area contributed by atoms with E-state index in [9.17, 15) is 14.4 Å². The number of nitrogens with zero attached hydrogens (tertiary/aromatic N) is 2. The fourth-order valence-electron chi connectivity index (χ4n) is 3.38. The summed E-state index contributed by atoms with van der Waals surface area (Å²) in [4.78, 5) is 42.1. The van der Waals surface area contributed by atoms with E-state index in [1.807, 2.05) is 0 Å². The summed E-state index contributed by atoms with van der Waals surface area (Å²) in [7, 11) is 0. The first-order chi connectivity index (χ1) is 16.0. The molecule has 0 spiro atoms. The number of carbonyl (C=O) groups excluding carboxylic acids is 3. The Hall–Kier alpha value is -4.34. The number of ether oxygens (including phenoxy) is 1. The summed E-state index contributed by atoms with van der Waals surface area (Å²) in [5.74, 6) is 1.20. The third kappa shape index (κ3) is 4.36. The number of benzene rings is 3. The van der Waals surface area contributed by atoms with Gasteiger partial charge in [-0.1, -0.05) is 53.9 Å². The molecule has 1 aliphatic heterocycles. The lowest BCUT2D eigenvalue weighted by molar-refractivity contribution is -0.121. The molecule has 0 radical (unpaired) electrons. The van der Waals surface area contributed by atoms with Gasteiger partial charge in [-0.3, -0.25) is 9.59 Å². The van der Waals surface area contributed by atoms with Crippen molar-refractivity contribution >= 4 is 46.9 Å². The summed E-state index contributed by atoms with van der Waals surface area (Å²) in [6, 6.07) is 20.8. The molecule has 1 saturated heterocycles. The van der Waals surface area contributed by atoms with Crippen molar-refractivity contribution in [2.24, 2.45) is 0 Å². The molecule has 0 unspecified atom stereocenters. The molecule has 1 heterocycles. The van der Waals surface area contributed by atoms with Crippen molar-refractivity contribution < 1.29 is 19.1 Å². The lowest BCUT2D eigenvalue weighted by Gasteiger charge is -2.34. The van der Waals surface area contributed by atoms with Crippen molar-refractivity contribution in [2.75, 3.05) is 16.4 Å². The molecule has 1 fully saturated rings. The number of urea groups is 1. The average Bonchev–Trinajstić information content (AvgIpc) is 2.83. The predicted octanol–water partition coefficient (Wildman–Crippen LogP) is 4.94. The van der Waals surface area contributed by atoms with E-state index in [1.54, 1.807) is 78.9 Å². The molecule has 7 heteroatoms. The van der Waals surface area contributed by atoms with Gasteiger partial charge in [0.1, 0.15) is 17.9 Å². The van der Waals surface area contributed by atoms with Crippen LogP contribution < -0.4 is 14.5 Å². The van der Waals surface area contributed by atoms with E-state index < -0.39 is 17.8 Å². The van der Waals surface area contributed by atoms with E-state index in [-0.39, 0.29) is 12.2 Å². The van der Waals surface area contributed by atoms with Gasteiger partial charge in [0.2, 0.25) is 0 Å². The molecule has 4 amide bonds. The molecule has 3 aromatic rings. The Balaban J connectivity index is 1.88. The van der Waals surface area contributed by atoms with Gasteiger partial charge in [0.05, 0.1) is 11.4 Å². The zero-order valence-corrected chi connectivity index (χ0v) is 18.0. The van der Waals surface area contributed by atoms with Crippen molar-refractivity contribution in [3.8, 4) is 18.1 Å². The number of terminal acetylenes is 1. The Morgan fingerprint density at radius 3 is 1.91 bits per heavy atom. The minimum Gasteiger partial charge on any atom is -0.480 e. The maximum absolute atomic E-state index is 13.4. The molecule has 33 heavy (non-hydrogen) atoms. The summed E-state index contributed by atoms with van der Waals surface area (Å²) in [5.41, 5.74) is 0.823. The molecule has 0 N–H and O–H groups in total. The lowest BCUT2D eigenvalue weighted by Crippen LogP contribution is -2.57. The zero-order chi connectivity index (χ0) is 23.4. The molecule has 6 nitrogen and oxygen atoms in total. The van der Waals surface area contributed by atoms with Crippen LogP contribution in [-0.4, -0.2) is 24.5 Å². The van der Waals surface area contributed by atoms with Gasteiger partial charge in [0.25, 0.3) is 11.8 Å². The fourth-order valence-corrected chi connectivity index (χ4v) is 3.56. The van der Waals surface area contributed by atoms with Crippen molar-refractivity contribution in [1.29, 1.82) is 0 Å². The second kappa shape index (κ2) is 9.43. The Kier molecular flexibility index (Phi) is 6.25. The van der Waals surface area contributed by atoms with Crippen LogP contribution in [0.1, 0.15) is 5.56 Å². The second-order valence-electron chi connectivity index (χ2n) is 6.97. The molecule has 0 aromatic heterocycles. The lowest BCUT2D eigenvalue weighted by atomic mass is 10.0. The van der Waals surface area contributed by atoms with Gasteiger partial charge >= 0.3 is 6.03 Å². The van der Waals surface area contributed by atoms with Crippen LogP contribution in [0.5, 0.6) is 5.75 Å². The normalized spacial score (nSPS) is 13.7. The Bertz CT molecular complexity index is 1230. The number of barbiturate groups is 1. The van der Waals surface area contributed by atoms with Crippen LogP contribution in [0.2, 0.25) is 5.02 Å². The van der Waals surface area contributed by atoms with Gasteiger partial charge in [-0.05, 0) is 48.5 Å². The quantitative estimate of drug-likeness (QED) is 0.310. The number of rotatable bonds is 5.